The molecule has 2 fully saturated rings. The number of hydrogen-bond acceptors (Lipinski definition) is 6. The number of pyridine rings is 1. The summed E-state index contributed by atoms with van der Waals surface area (Å²) in [5, 5.41) is 7.40. The minimum absolute atomic E-state index is 0.0136. The highest BCUT2D eigenvalue weighted by Crippen LogP contribution is 2.36. The van der Waals surface area contributed by atoms with Crippen LogP contribution in [0.5, 0.6) is 5.88 Å². The molecule has 0 N–H and O–H groups in total. The van der Waals surface area contributed by atoms with E-state index in [4.69, 9.17) is 9.47 Å². The van der Waals surface area contributed by atoms with Gasteiger partial charge in [0.25, 0.3) is 11.8 Å². The van der Waals surface area contributed by atoms with E-state index in [-0.39, 0.29) is 17.9 Å². The van der Waals surface area contributed by atoms with Crippen LogP contribution < -0.4 is 4.74 Å². The maximum absolute atomic E-state index is 13.7. The third-order valence-corrected chi connectivity index (χ3v) is 4.53. The molecule has 2 aromatic rings. The van der Waals surface area contributed by atoms with E-state index in [1.807, 2.05) is 0 Å². The van der Waals surface area contributed by atoms with Gasteiger partial charge in [-0.3, -0.25) is 4.79 Å². The lowest BCUT2D eigenvalue weighted by molar-refractivity contribution is -0.174. The molecular weight excluding hydrogens is 327 g/mol. The van der Waals surface area contributed by atoms with Gasteiger partial charge >= 0.3 is 0 Å². The maximum atomic E-state index is 13.7. The third kappa shape index (κ3) is 3.17. The van der Waals surface area contributed by atoms with Crippen LogP contribution in [-0.4, -0.2) is 57.4 Å². The van der Waals surface area contributed by atoms with Crippen molar-refractivity contribution >= 4 is 5.91 Å². The zero-order valence-electron chi connectivity index (χ0n) is 13.5. The number of ether oxygens (including phenoxy) is 2. The standard InChI is InChI=1S/C17H17FN4O3/c18-14-2-1-5-19-15(14)25-13-4-7-24-17(8-13)10-22(11-17)16(23)12-3-6-20-21-9-12/h1-3,5-6,9,13H,4,7-8,10-11H2/t13-/m0/s1. The second-order valence-corrected chi connectivity index (χ2v) is 6.35. The molecule has 0 aromatic carbocycles. The van der Waals surface area contributed by atoms with Crippen LogP contribution >= 0.6 is 0 Å². The lowest BCUT2D eigenvalue weighted by Gasteiger charge is -2.52. The minimum Gasteiger partial charge on any atom is -0.472 e. The van der Waals surface area contributed by atoms with E-state index in [0.29, 0.717) is 38.1 Å². The Morgan fingerprint density at radius 3 is 2.96 bits per heavy atom. The van der Waals surface area contributed by atoms with Crippen LogP contribution in [0.25, 0.3) is 0 Å². The normalized spacial score (nSPS) is 21.6. The number of likely N-dealkylation sites (tertiary alicyclic amines) is 1. The highest BCUT2D eigenvalue weighted by atomic mass is 19.1. The van der Waals surface area contributed by atoms with Gasteiger partial charge in [0.2, 0.25) is 0 Å². The topological polar surface area (TPSA) is 77.4 Å². The first-order valence-corrected chi connectivity index (χ1v) is 8.12. The van der Waals surface area contributed by atoms with Crippen molar-refractivity contribution in [3.05, 3.63) is 48.2 Å². The number of carbonyl (C=O) groups excluding carboxylic acids is 1. The maximum Gasteiger partial charge on any atom is 0.255 e. The van der Waals surface area contributed by atoms with E-state index in [2.05, 4.69) is 15.2 Å². The zero-order valence-corrected chi connectivity index (χ0v) is 13.5. The molecule has 2 aromatic heterocycles. The first-order chi connectivity index (χ1) is 12.2. The van der Waals surface area contributed by atoms with Crippen LogP contribution in [0.3, 0.4) is 0 Å². The molecule has 4 heterocycles. The van der Waals surface area contributed by atoms with Crippen LogP contribution in [0.4, 0.5) is 4.39 Å². The average molecular weight is 344 g/mol. The second kappa shape index (κ2) is 6.36. The number of nitrogens with zero attached hydrogens (tertiary/aromatic N) is 4. The predicted molar refractivity (Wildman–Crippen MR) is 84.5 cm³/mol. The van der Waals surface area contributed by atoms with Gasteiger partial charge in [-0.05, 0) is 18.2 Å². The molecule has 1 amide bonds. The predicted octanol–water partition coefficient (Wildman–Crippen LogP) is 1.46. The summed E-state index contributed by atoms with van der Waals surface area (Å²) in [5.41, 5.74) is 0.0774. The molecule has 0 unspecified atom stereocenters. The molecule has 1 spiro atoms. The second-order valence-electron chi connectivity index (χ2n) is 6.35. The Labute approximate surface area is 143 Å². The first-order valence-electron chi connectivity index (χ1n) is 8.12. The molecule has 1 atom stereocenters. The zero-order chi connectivity index (χ0) is 17.3. The number of amides is 1. The third-order valence-electron chi connectivity index (χ3n) is 4.53. The first kappa shape index (κ1) is 15.9. The van der Waals surface area contributed by atoms with Crippen LogP contribution in [0, 0.1) is 5.82 Å². The van der Waals surface area contributed by atoms with Gasteiger partial charge in [0, 0.05) is 19.0 Å². The summed E-state index contributed by atoms with van der Waals surface area (Å²) in [5.74, 6) is -0.554. The molecule has 25 heavy (non-hydrogen) atoms. The van der Waals surface area contributed by atoms with Gasteiger partial charge in [-0.15, -0.1) is 0 Å². The Bertz CT molecular complexity index is 767. The van der Waals surface area contributed by atoms with Crippen LogP contribution in [0.2, 0.25) is 0 Å². The molecular formula is C17H17FN4O3. The Balaban J connectivity index is 1.38. The summed E-state index contributed by atoms with van der Waals surface area (Å²) in [7, 11) is 0. The molecule has 8 heteroatoms. The van der Waals surface area contributed by atoms with Crippen molar-refractivity contribution in [1.82, 2.24) is 20.1 Å². The van der Waals surface area contributed by atoms with Gasteiger partial charge in [-0.1, -0.05) is 0 Å². The number of hydrogen-bond donors (Lipinski definition) is 0. The quantitative estimate of drug-likeness (QED) is 0.839. The number of aromatic nitrogens is 3. The Kier molecular flexibility index (Phi) is 4.04. The SMILES string of the molecule is O=C(c1ccnnc1)N1CC2(C[C@@H](Oc3ncccc3F)CCO2)C1. The van der Waals surface area contributed by atoms with Crippen molar-refractivity contribution in [2.75, 3.05) is 19.7 Å². The highest BCUT2D eigenvalue weighted by molar-refractivity contribution is 5.94. The summed E-state index contributed by atoms with van der Waals surface area (Å²) in [6, 6.07) is 4.48. The van der Waals surface area contributed by atoms with E-state index in [1.165, 1.54) is 30.7 Å². The highest BCUT2D eigenvalue weighted by Gasteiger charge is 2.50. The molecule has 7 nitrogen and oxygen atoms in total. The lowest BCUT2D eigenvalue weighted by atomic mass is 9.84. The van der Waals surface area contributed by atoms with Crippen molar-refractivity contribution in [3.63, 3.8) is 0 Å². The van der Waals surface area contributed by atoms with Gasteiger partial charge in [-0.25, -0.2) is 9.37 Å². The summed E-state index contributed by atoms with van der Waals surface area (Å²) in [6.45, 7) is 1.48. The monoisotopic (exact) mass is 344 g/mol. The number of halogens is 1. The molecule has 130 valence electrons. The number of carbonyl (C=O) groups is 1. The largest absolute Gasteiger partial charge is 0.472 e. The van der Waals surface area contributed by atoms with Gasteiger partial charge in [0.05, 0.1) is 37.7 Å². The van der Waals surface area contributed by atoms with E-state index < -0.39 is 11.4 Å². The van der Waals surface area contributed by atoms with Crippen LogP contribution in [0.15, 0.2) is 36.8 Å². The van der Waals surface area contributed by atoms with E-state index in [0.717, 1.165) is 0 Å². The van der Waals surface area contributed by atoms with Crippen LogP contribution in [-0.2, 0) is 4.74 Å². The fourth-order valence-electron chi connectivity index (χ4n) is 3.31. The van der Waals surface area contributed by atoms with Crippen molar-refractivity contribution in [2.45, 2.75) is 24.5 Å². The van der Waals surface area contributed by atoms with Crippen molar-refractivity contribution in [3.8, 4) is 5.88 Å². The van der Waals surface area contributed by atoms with Crippen molar-refractivity contribution in [1.29, 1.82) is 0 Å². The van der Waals surface area contributed by atoms with Gasteiger partial charge in [0.15, 0.2) is 5.82 Å². The minimum atomic E-state index is -0.473. The molecule has 0 radical (unpaired) electrons. The Morgan fingerprint density at radius 2 is 2.20 bits per heavy atom. The molecule has 0 bridgehead atoms. The fourth-order valence-corrected chi connectivity index (χ4v) is 3.31. The molecule has 2 saturated heterocycles. The van der Waals surface area contributed by atoms with Crippen molar-refractivity contribution in [2.24, 2.45) is 0 Å². The lowest BCUT2D eigenvalue weighted by Crippen LogP contribution is -2.67. The fraction of sp³-hybridized carbons (Fsp3) is 0.412. The summed E-state index contributed by atoms with van der Waals surface area (Å²) in [4.78, 5) is 18.0. The van der Waals surface area contributed by atoms with Gasteiger partial charge < -0.3 is 14.4 Å². The van der Waals surface area contributed by atoms with Crippen LogP contribution in [0.1, 0.15) is 23.2 Å². The molecule has 2 aliphatic heterocycles. The van der Waals surface area contributed by atoms with E-state index >= 15 is 0 Å². The smallest absolute Gasteiger partial charge is 0.255 e. The molecule has 0 aliphatic carbocycles. The summed E-state index contributed by atoms with van der Waals surface area (Å²) < 4.78 is 25.3. The average Bonchev–Trinajstić information content (AvgIpc) is 2.62. The van der Waals surface area contributed by atoms with E-state index in [9.17, 15) is 9.18 Å². The Morgan fingerprint density at radius 1 is 1.32 bits per heavy atom. The molecule has 4 rings (SSSR count). The Hall–Kier alpha value is -2.61. The molecule has 2 aliphatic rings. The summed E-state index contributed by atoms with van der Waals surface area (Å²) >= 11 is 0. The van der Waals surface area contributed by atoms with E-state index in [1.54, 1.807) is 11.0 Å². The summed E-state index contributed by atoms with van der Waals surface area (Å²) in [6.07, 6.45) is 5.52. The van der Waals surface area contributed by atoms with Crippen molar-refractivity contribution < 1.29 is 18.7 Å². The number of rotatable bonds is 3. The molecule has 0 saturated carbocycles. The van der Waals surface area contributed by atoms with Gasteiger partial charge in [-0.2, -0.15) is 10.2 Å². The van der Waals surface area contributed by atoms with Gasteiger partial charge in [0.1, 0.15) is 11.7 Å².